The molecule has 1 aromatic carbocycles. The Bertz CT molecular complexity index is 596. The summed E-state index contributed by atoms with van der Waals surface area (Å²) >= 11 is 0. The Morgan fingerprint density at radius 2 is 1.86 bits per heavy atom. The number of urea groups is 1. The molecule has 1 fully saturated rings. The third-order valence-corrected chi connectivity index (χ3v) is 3.99. The van der Waals surface area contributed by atoms with Crippen LogP contribution in [0.5, 0.6) is 0 Å². The number of imide groups is 2. The number of hydrogen-bond acceptors (Lipinski definition) is 3. The number of carbonyl (C=O) groups is 3. The number of barbiturate groups is 1. The van der Waals surface area contributed by atoms with Gasteiger partial charge in [-0.2, -0.15) is 0 Å². The molecule has 0 aromatic heterocycles. The van der Waals surface area contributed by atoms with Gasteiger partial charge in [-0.1, -0.05) is 26.0 Å². The smallest absolute Gasteiger partial charge is 0.277 e. The maximum Gasteiger partial charge on any atom is 0.331 e. The molecule has 1 N–H and O–H groups in total. The molecule has 1 aliphatic rings. The van der Waals surface area contributed by atoms with Crippen LogP contribution in [-0.4, -0.2) is 22.7 Å². The van der Waals surface area contributed by atoms with Gasteiger partial charge in [-0.15, -0.1) is 0 Å². The van der Waals surface area contributed by atoms with Crippen LogP contribution < -0.4 is 5.32 Å². The SMILES string of the molecule is CCC1(CC)C(=O)NC(=O)N(Cc2cccc(F)c2)C1=O. The number of rotatable bonds is 4. The number of nitrogens with zero attached hydrogens (tertiary/aromatic N) is 1. The minimum absolute atomic E-state index is 0.0581. The molecule has 0 atom stereocenters. The average Bonchev–Trinajstić information content (AvgIpc) is 2.45. The Labute approximate surface area is 122 Å². The van der Waals surface area contributed by atoms with Crippen LogP contribution in [0.4, 0.5) is 9.18 Å². The average molecular weight is 292 g/mol. The Hall–Kier alpha value is -2.24. The lowest BCUT2D eigenvalue weighted by Gasteiger charge is -2.38. The van der Waals surface area contributed by atoms with Crippen molar-refractivity contribution < 1.29 is 18.8 Å². The van der Waals surface area contributed by atoms with E-state index in [1.54, 1.807) is 19.9 Å². The summed E-state index contributed by atoms with van der Waals surface area (Å²) in [5, 5.41) is 2.22. The highest BCUT2D eigenvalue weighted by molar-refractivity contribution is 6.19. The van der Waals surface area contributed by atoms with Crippen molar-refractivity contribution in [1.29, 1.82) is 0 Å². The molecular weight excluding hydrogens is 275 g/mol. The predicted octanol–water partition coefficient (Wildman–Crippen LogP) is 2.21. The Balaban J connectivity index is 2.32. The summed E-state index contributed by atoms with van der Waals surface area (Å²) in [6, 6.07) is 4.92. The first kappa shape index (κ1) is 15.2. The molecule has 0 radical (unpaired) electrons. The zero-order chi connectivity index (χ0) is 15.6. The molecule has 0 unspecified atom stereocenters. The van der Waals surface area contributed by atoms with E-state index in [-0.39, 0.29) is 6.54 Å². The first-order valence-electron chi connectivity index (χ1n) is 6.86. The highest BCUT2D eigenvalue weighted by Gasteiger charge is 2.51. The van der Waals surface area contributed by atoms with Gasteiger partial charge in [0, 0.05) is 0 Å². The Morgan fingerprint density at radius 1 is 1.19 bits per heavy atom. The minimum Gasteiger partial charge on any atom is -0.277 e. The molecule has 112 valence electrons. The van der Waals surface area contributed by atoms with E-state index < -0.39 is 29.1 Å². The maximum atomic E-state index is 13.2. The molecule has 1 aliphatic heterocycles. The predicted molar refractivity (Wildman–Crippen MR) is 73.5 cm³/mol. The molecule has 4 amide bonds. The fourth-order valence-electron chi connectivity index (χ4n) is 2.57. The largest absolute Gasteiger partial charge is 0.331 e. The second kappa shape index (κ2) is 5.63. The van der Waals surface area contributed by atoms with Gasteiger partial charge in [-0.3, -0.25) is 19.8 Å². The lowest BCUT2D eigenvalue weighted by Crippen LogP contribution is -2.63. The molecule has 0 saturated carbocycles. The van der Waals surface area contributed by atoms with E-state index >= 15 is 0 Å². The van der Waals surface area contributed by atoms with Gasteiger partial charge in [0.2, 0.25) is 11.8 Å². The molecule has 21 heavy (non-hydrogen) atoms. The van der Waals surface area contributed by atoms with E-state index in [2.05, 4.69) is 5.32 Å². The topological polar surface area (TPSA) is 66.5 Å². The number of hydrogen-bond donors (Lipinski definition) is 1. The summed E-state index contributed by atoms with van der Waals surface area (Å²) in [6.45, 7) is 3.41. The van der Waals surface area contributed by atoms with E-state index in [0.29, 0.717) is 18.4 Å². The van der Waals surface area contributed by atoms with Crippen molar-refractivity contribution in [3.8, 4) is 0 Å². The van der Waals surface area contributed by atoms with E-state index in [0.717, 1.165) is 4.90 Å². The summed E-state index contributed by atoms with van der Waals surface area (Å²) in [5.41, 5.74) is -0.727. The molecule has 1 aromatic rings. The quantitative estimate of drug-likeness (QED) is 0.865. The summed E-state index contributed by atoms with van der Waals surface area (Å²) < 4.78 is 13.2. The minimum atomic E-state index is -1.22. The maximum absolute atomic E-state index is 13.2. The van der Waals surface area contributed by atoms with E-state index in [1.165, 1.54) is 18.2 Å². The van der Waals surface area contributed by atoms with Crippen LogP contribution in [0.3, 0.4) is 0 Å². The zero-order valence-corrected chi connectivity index (χ0v) is 12.0. The van der Waals surface area contributed by atoms with Gasteiger partial charge in [-0.25, -0.2) is 9.18 Å². The summed E-state index contributed by atoms with van der Waals surface area (Å²) in [6.07, 6.45) is 0.613. The first-order valence-corrected chi connectivity index (χ1v) is 6.86. The highest BCUT2D eigenvalue weighted by Crippen LogP contribution is 2.33. The molecule has 2 rings (SSSR count). The van der Waals surface area contributed by atoms with E-state index in [1.807, 2.05) is 0 Å². The van der Waals surface area contributed by atoms with Crippen molar-refractivity contribution in [2.24, 2.45) is 5.41 Å². The fraction of sp³-hybridized carbons (Fsp3) is 0.400. The summed E-state index contributed by atoms with van der Waals surface area (Å²) in [7, 11) is 0. The van der Waals surface area contributed by atoms with Crippen LogP contribution in [0.15, 0.2) is 24.3 Å². The highest BCUT2D eigenvalue weighted by atomic mass is 19.1. The van der Waals surface area contributed by atoms with Crippen LogP contribution in [-0.2, 0) is 16.1 Å². The van der Waals surface area contributed by atoms with Crippen LogP contribution in [0.1, 0.15) is 32.3 Å². The number of nitrogens with one attached hydrogen (secondary N) is 1. The number of carbonyl (C=O) groups excluding carboxylic acids is 3. The van der Waals surface area contributed by atoms with Gasteiger partial charge in [0.05, 0.1) is 6.54 Å². The van der Waals surface area contributed by atoms with Gasteiger partial charge in [0.1, 0.15) is 11.2 Å². The van der Waals surface area contributed by atoms with E-state index in [4.69, 9.17) is 0 Å². The number of amides is 4. The number of benzene rings is 1. The summed E-state index contributed by atoms with van der Waals surface area (Å²) in [5.74, 6) is -1.52. The van der Waals surface area contributed by atoms with Crippen molar-refractivity contribution in [2.45, 2.75) is 33.2 Å². The standard InChI is InChI=1S/C15H17FN2O3/c1-3-15(4-2)12(19)17-14(21)18(13(15)20)9-10-6-5-7-11(16)8-10/h5-8H,3-4,9H2,1-2H3,(H,17,19,21). The lowest BCUT2D eigenvalue weighted by atomic mass is 9.78. The van der Waals surface area contributed by atoms with E-state index in [9.17, 15) is 18.8 Å². The zero-order valence-electron chi connectivity index (χ0n) is 12.0. The van der Waals surface area contributed by atoms with Gasteiger partial charge in [0.25, 0.3) is 0 Å². The molecule has 6 heteroatoms. The lowest BCUT2D eigenvalue weighted by molar-refractivity contribution is -0.152. The van der Waals surface area contributed by atoms with Crippen LogP contribution in [0, 0.1) is 11.2 Å². The third-order valence-electron chi connectivity index (χ3n) is 3.99. The fourth-order valence-corrected chi connectivity index (χ4v) is 2.57. The second-order valence-electron chi connectivity index (χ2n) is 5.07. The monoisotopic (exact) mass is 292 g/mol. The van der Waals surface area contributed by atoms with Crippen molar-refractivity contribution in [2.75, 3.05) is 0 Å². The molecule has 1 saturated heterocycles. The van der Waals surface area contributed by atoms with Crippen molar-refractivity contribution in [1.82, 2.24) is 10.2 Å². The Kier molecular flexibility index (Phi) is 4.06. The van der Waals surface area contributed by atoms with Crippen molar-refractivity contribution in [3.63, 3.8) is 0 Å². The molecule has 1 heterocycles. The first-order chi connectivity index (χ1) is 9.94. The molecule has 0 aliphatic carbocycles. The molecule has 0 bridgehead atoms. The summed E-state index contributed by atoms with van der Waals surface area (Å²) in [4.78, 5) is 37.5. The van der Waals surface area contributed by atoms with Gasteiger partial charge in [-0.05, 0) is 30.5 Å². The van der Waals surface area contributed by atoms with Crippen molar-refractivity contribution >= 4 is 17.8 Å². The normalized spacial score (nSPS) is 17.9. The Morgan fingerprint density at radius 3 is 2.43 bits per heavy atom. The molecule has 0 spiro atoms. The molecule has 5 nitrogen and oxygen atoms in total. The van der Waals surface area contributed by atoms with Crippen LogP contribution in [0.25, 0.3) is 0 Å². The van der Waals surface area contributed by atoms with Gasteiger partial charge >= 0.3 is 6.03 Å². The van der Waals surface area contributed by atoms with Crippen molar-refractivity contribution in [3.05, 3.63) is 35.6 Å². The number of halogens is 1. The second-order valence-corrected chi connectivity index (χ2v) is 5.07. The van der Waals surface area contributed by atoms with Gasteiger partial charge in [0.15, 0.2) is 0 Å². The third kappa shape index (κ3) is 2.53. The van der Waals surface area contributed by atoms with Gasteiger partial charge < -0.3 is 0 Å². The molecular formula is C15H17FN2O3. The van der Waals surface area contributed by atoms with Crippen LogP contribution in [0.2, 0.25) is 0 Å². The van der Waals surface area contributed by atoms with Crippen LogP contribution >= 0.6 is 0 Å².